The summed E-state index contributed by atoms with van der Waals surface area (Å²) in [6.07, 6.45) is 7.01. The fourth-order valence-corrected chi connectivity index (χ4v) is 0.462. The Morgan fingerprint density at radius 2 is 1.15 bits per heavy atom. The topological polar surface area (TPSA) is 4.44 Å². The van der Waals surface area contributed by atoms with Crippen molar-refractivity contribution in [3.63, 3.8) is 0 Å². The van der Waals surface area contributed by atoms with Crippen LogP contribution in [0.25, 0.3) is 0 Å². The Morgan fingerprint density at radius 3 is 1.31 bits per heavy atom. The molecule has 0 spiro atoms. The van der Waals surface area contributed by atoms with Crippen LogP contribution < -0.4 is 296 Å². The fraction of sp³-hybridized carbons (Fsp3) is 0. The standard InChI is InChI=1S/C5H6FN.CH3.5Rb/c6-5-7-3-1-2-4-7;;;;;;/h1-5,7H;1H3;;;;;/q;-1;5*+1. The van der Waals surface area contributed by atoms with Gasteiger partial charge >= 0.3 is 291 Å². The van der Waals surface area contributed by atoms with Crippen LogP contribution in [0.1, 0.15) is 0 Å². The molecular weight excluding hydrogens is 532 g/mol. The van der Waals surface area contributed by atoms with Gasteiger partial charge in [-0.3, -0.25) is 0 Å². The Morgan fingerprint density at radius 1 is 0.846 bits per heavy atom. The van der Waals surface area contributed by atoms with Gasteiger partial charge < -0.3 is 16.7 Å². The Bertz CT molecular complexity index is 108. The molecule has 0 aromatic carbocycles. The van der Waals surface area contributed by atoms with E-state index in [9.17, 15) is 4.39 Å². The third-order valence-electron chi connectivity index (χ3n) is 0.814. The molecule has 0 amide bonds. The van der Waals surface area contributed by atoms with Crippen LogP contribution in [-0.4, -0.2) is 0 Å². The summed E-state index contributed by atoms with van der Waals surface area (Å²) in [5.74, 6) is 0. The van der Waals surface area contributed by atoms with Crippen molar-refractivity contribution in [1.29, 1.82) is 0 Å². The molecule has 1 nitrogen and oxygen atoms in total. The van der Waals surface area contributed by atoms with Crippen molar-refractivity contribution in [1.82, 2.24) is 0 Å². The first-order chi connectivity index (χ1) is 3.43. The molecule has 0 unspecified atom stereocenters. The van der Waals surface area contributed by atoms with Crippen LogP contribution in [0, 0.1) is 14.2 Å². The minimum absolute atomic E-state index is 0. The van der Waals surface area contributed by atoms with Crippen LogP contribution in [0.2, 0.25) is 0 Å². The molecule has 1 aliphatic rings. The third kappa shape index (κ3) is 22.8. The van der Waals surface area contributed by atoms with E-state index in [1.165, 1.54) is 0 Å². The molecule has 0 fully saturated rings. The van der Waals surface area contributed by atoms with E-state index in [1.54, 1.807) is 24.6 Å². The Labute approximate surface area is 326 Å². The summed E-state index contributed by atoms with van der Waals surface area (Å²) in [5.41, 5.74) is 0. The summed E-state index contributed by atoms with van der Waals surface area (Å²) in [7, 11) is 0. The summed E-state index contributed by atoms with van der Waals surface area (Å²) >= 11 is 0. The number of hydrogen-bond acceptors (Lipinski definition) is 0. The summed E-state index contributed by atoms with van der Waals surface area (Å²) < 4.78 is 11.4. The normalized spacial score (nSPS) is 10.2. The second-order valence-electron chi connectivity index (χ2n) is 1.33. The molecule has 0 radical (unpaired) electrons. The van der Waals surface area contributed by atoms with E-state index >= 15 is 0 Å². The molecule has 1 N–H and O–H groups in total. The molecule has 0 bridgehead atoms. The number of hydrogen-bond donors (Lipinski definition) is 1. The number of allylic oxidation sites excluding steroid dienone is 2. The first-order valence-corrected chi connectivity index (χ1v) is 2.08. The van der Waals surface area contributed by atoms with Crippen molar-refractivity contribution >= 4 is 0 Å². The number of halogens is 1. The van der Waals surface area contributed by atoms with Crippen LogP contribution in [0.5, 0.6) is 0 Å². The Balaban J connectivity index is -0.0000000204. The molecule has 0 saturated heterocycles. The van der Waals surface area contributed by atoms with Gasteiger partial charge in [-0.05, 0) is 12.2 Å². The molecule has 0 saturated carbocycles. The predicted octanol–water partition coefficient (Wildman–Crippen LogP) is -14.5. The SMILES string of the molecule is F[CH-][NH+]1C=CC=C1.[CH3-].[Rb+].[Rb+].[Rb+].[Rb+].[Rb+]. The molecule has 1 rings (SSSR count). The molecule has 1 heterocycles. The van der Waals surface area contributed by atoms with Crippen molar-refractivity contribution in [2.45, 2.75) is 0 Å². The summed E-state index contributed by atoms with van der Waals surface area (Å²) in [6, 6.07) is 0. The van der Waals surface area contributed by atoms with Crippen LogP contribution in [0.4, 0.5) is 4.39 Å². The molecule has 0 aromatic rings. The van der Waals surface area contributed by atoms with Gasteiger partial charge in [0.05, 0.1) is 12.4 Å². The summed E-state index contributed by atoms with van der Waals surface area (Å²) in [4.78, 5) is 0.639. The number of rotatable bonds is 1. The molecule has 46 valence electrons. The van der Waals surface area contributed by atoms with Crippen LogP contribution in [-0.2, 0) is 0 Å². The molecule has 1 aliphatic heterocycles. The van der Waals surface area contributed by atoms with E-state index in [-0.39, 0.29) is 298 Å². The van der Waals surface area contributed by atoms with E-state index in [4.69, 9.17) is 0 Å². The van der Waals surface area contributed by atoms with Crippen molar-refractivity contribution < 1.29 is 300 Å². The second-order valence-corrected chi connectivity index (χ2v) is 1.33. The Kier molecular flexibility index (Phi) is 82.4. The zero-order chi connectivity index (χ0) is 5.11. The van der Waals surface area contributed by atoms with E-state index in [0.29, 0.717) is 11.7 Å². The van der Waals surface area contributed by atoms with Gasteiger partial charge in [0, 0.05) is 6.80 Å². The second kappa shape index (κ2) is 28.5. The van der Waals surface area contributed by atoms with Gasteiger partial charge in [-0.25, -0.2) is 0 Å². The first-order valence-electron chi connectivity index (χ1n) is 2.08. The molecule has 0 aliphatic carbocycles. The van der Waals surface area contributed by atoms with Gasteiger partial charge in [0.1, 0.15) is 0 Å². The monoisotopic (exact) mass is 539 g/mol. The molecule has 0 aromatic heterocycles. The summed E-state index contributed by atoms with van der Waals surface area (Å²) in [6.45, 7) is 0.583. The van der Waals surface area contributed by atoms with Crippen molar-refractivity contribution in [3.05, 3.63) is 38.8 Å². The van der Waals surface area contributed by atoms with Crippen LogP contribution >= 0.6 is 0 Å². The molecule has 7 heteroatoms. The maximum Gasteiger partial charge on any atom is 1.00 e. The minimum atomic E-state index is 0. The number of nitrogens with one attached hydrogen (secondary N) is 1. The van der Waals surface area contributed by atoms with E-state index in [0.717, 1.165) is 0 Å². The van der Waals surface area contributed by atoms with E-state index < -0.39 is 0 Å². The van der Waals surface area contributed by atoms with Crippen molar-refractivity contribution in [2.75, 3.05) is 0 Å². The van der Waals surface area contributed by atoms with Crippen molar-refractivity contribution in [2.24, 2.45) is 0 Å². The van der Waals surface area contributed by atoms with Gasteiger partial charge in [0.15, 0.2) is 0 Å². The quantitative estimate of drug-likeness (QED) is 0.249. The maximum atomic E-state index is 11.4. The van der Waals surface area contributed by atoms with Crippen LogP contribution in [0.3, 0.4) is 0 Å². The van der Waals surface area contributed by atoms with Gasteiger partial charge in [-0.1, -0.05) is 0 Å². The smallest absolute Gasteiger partial charge is 0.392 e. The molecule has 0 atom stereocenters. The third-order valence-corrected chi connectivity index (χ3v) is 0.814. The molecular formula is C6H9FNRb5+4. The minimum Gasteiger partial charge on any atom is -0.392 e. The Hall–Kier alpha value is 8.40. The first kappa shape index (κ1) is 37.5. The average molecular weight is 541 g/mol. The van der Waals surface area contributed by atoms with Gasteiger partial charge in [0.2, 0.25) is 0 Å². The van der Waals surface area contributed by atoms with Crippen LogP contribution in [0.15, 0.2) is 24.6 Å². The fourth-order valence-electron chi connectivity index (χ4n) is 0.462. The van der Waals surface area contributed by atoms with Gasteiger partial charge in [0.25, 0.3) is 0 Å². The predicted molar refractivity (Wildman–Crippen MR) is 31.1 cm³/mol. The number of quaternary nitrogens is 1. The zero-order valence-corrected chi connectivity index (χ0v) is 34.3. The maximum absolute atomic E-state index is 11.4. The van der Waals surface area contributed by atoms with Crippen molar-refractivity contribution in [3.8, 4) is 0 Å². The summed E-state index contributed by atoms with van der Waals surface area (Å²) in [5, 5.41) is 0. The largest absolute Gasteiger partial charge is 1.00 e. The van der Waals surface area contributed by atoms with E-state index in [1.807, 2.05) is 0 Å². The molecule has 13 heavy (non-hydrogen) atoms. The van der Waals surface area contributed by atoms with Gasteiger partial charge in [-0.15, -0.1) is 0 Å². The average Bonchev–Trinajstić information content (AvgIpc) is 2.14. The van der Waals surface area contributed by atoms with Gasteiger partial charge in [-0.2, -0.15) is 0 Å². The van der Waals surface area contributed by atoms with E-state index in [2.05, 4.69) is 0 Å². The zero-order valence-electron chi connectivity index (χ0n) is 9.76.